The van der Waals surface area contributed by atoms with Gasteiger partial charge in [-0.15, -0.1) is 11.8 Å². The van der Waals surface area contributed by atoms with E-state index in [9.17, 15) is 13.6 Å². The molecule has 0 saturated heterocycles. The maximum absolute atomic E-state index is 13.6. The van der Waals surface area contributed by atoms with E-state index in [4.69, 9.17) is 5.11 Å². The fraction of sp³-hybridized carbons (Fsp3) is 0.462. The summed E-state index contributed by atoms with van der Waals surface area (Å²) in [7, 11) is 0. The minimum Gasteiger partial charge on any atom is -0.478 e. The van der Waals surface area contributed by atoms with Crippen molar-refractivity contribution < 1.29 is 18.7 Å². The summed E-state index contributed by atoms with van der Waals surface area (Å²) in [6.45, 7) is 6.56. The van der Waals surface area contributed by atoms with E-state index in [-0.39, 0.29) is 10.5 Å². The number of nitrogens with zero attached hydrogens (tertiary/aromatic N) is 1. The summed E-state index contributed by atoms with van der Waals surface area (Å²) < 4.78 is 27.2. The minimum absolute atomic E-state index is 0.114. The molecule has 19 heavy (non-hydrogen) atoms. The SMILES string of the molecule is CCN(CC)CCSc1c(F)cc(C(=O)O)cc1F. The number of halogens is 2. The van der Waals surface area contributed by atoms with Crippen molar-refractivity contribution in [2.75, 3.05) is 25.4 Å². The largest absolute Gasteiger partial charge is 0.478 e. The second-order valence-corrected chi connectivity index (χ2v) is 5.05. The summed E-state index contributed by atoms with van der Waals surface area (Å²) in [4.78, 5) is 12.7. The lowest BCUT2D eigenvalue weighted by molar-refractivity contribution is 0.0695. The Morgan fingerprint density at radius 3 is 2.21 bits per heavy atom. The van der Waals surface area contributed by atoms with E-state index in [2.05, 4.69) is 4.90 Å². The molecule has 106 valence electrons. The molecule has 0 fully saturated rings. The van der Waals surface area contributed by atoms with E-state index in [1.54, 1.807) is 0 Å². The molecule has 0 aliphatic carbocycles. The van der Waals surface area contributed by atoms with Crippen LogP contribution in [0.15, 0.2) is 17.0 Å². The highest BCUT2D eigenvalue weighted by Gasteiger charge is 2.15. The average molecular weight is 289 g/mol. The third kappa shape index (κ3) is 4.47. The van der Waals surface area contributed by atoms with Gasteiger partial charge in [-0.2, -0.15) is 0 Å². The molecule has 0 unspecified atom stereocenters. The van der Waals surface area contributed by atoms with Gasteiger partial charge in [0.15, 0.2) is 0 Å². The first-order valence-electron chi connectivity index (χ1n) is 6.07. The molecular formula is C13H17F2NO2S. The van der Waals surface area contributed by atoms with E-state index in [0.717, 1.165) is 43.5 Å². The minimum atomic E-state index is -1.34. The number of hydrogen-bond donors (Lipinski definition) is 1. The quantitative estimate of drug-likeness (QED) is 0.783. The fourth-order valence-electron chi connectivity index (χ4n) is 1.64. The summed E-state index contributed by atoms with van der Waals surface area (Å²) in [5.74, 6) is -2.41. The number of carbonyl (C=O) groups is 1. The molecule has 0 amide bonds. The first kappa shape index (κ1) is 15.9. The van der Waals surface area contributed by atoms with Crippen molar-refractivity contribution in [3.8, 4) is 0 Å². The monoisotopic (exact) mass is 289 g/mol. The number of hydrogen-bond acceptors (Lipinski definition) is 3. The van der Waals surface area contributed by atoms with Crippen LogP contribution in [0.25, 0.3) is 0 Å². The Balaban J connectivity index is 2.71. The molecular weight excluding hydrogens is 272 g/mol. The molecule has 6 heteroatoms. The third-order valence-electron chi connectivity index (χ3n) is 2.79. The Labute approximate surface area is 115 Å². The highest BCUT2D eigenvalue weighted by molar-refractivity contribution is 7.99. The second kappa shape index (κ2) is 7.45. The molecule has 1 N–H and O–H groups in total. The highest BCUT2D eigenvalue weighted by atomic mass is 32.2. The number of carboxylic acids is 1. The lowest BCUT2D eigenvalue weighted by atomic mass is 10.2. The van der Waals surface area contributed by atoms with Crippen LogP contribution < -0.4 is 0 Å². The second-order valence-electron chi connectivity index (χ2n) is 3.95. The summed E-state index contributed by atoms with van der Waals surface area (Å²) in [5.41, 5.74) is -0.372. The normalized spacial score (nSPS) is 11.0. The van der Waals surface area contributed by atoms with Crippen LogP contribution >= 0.6 is 11.8 Å². The molecule has 0 spiro atoms. The van der Waals surface area contributed by atoms with Gasteiger partial charge >= 0.3 is 5.97 Å². The van der Waals surface area contributed by atoms with Crippen LogP contribution in [-0.2, 0) is 0 Å². The molecule has 1 aromatic carbocycles. The van der Waals surface area contributed by atoms with Gasteiger partial charge in [-0.05, 0) is 25.2 Å². The van der Waals surface area contributed by atoms with Crippen molar-refractivity contribution in [3.05, 3.63) is 29.3 Å². The van der Waals surface area contributed by atoms with Crippen LogP contribution in [0.3, 0.4) is 0 Å². The van der Waals surface area contributed by atoms with E-state index in [1.807, 2.05) is 13.8 Å². The van der Waals surface area contributed by atoms with Crippen LogP contribution in [0.2, 0.25) is 0 Å². The Morgan fingerprint density at radius 1 is 1.26 bits per heavy atom. The first-order chi connectivity index (χ1) is 8.99. The number of benzene rings is 1. The summed E-state index contributed by atoms with van der Waals surface area (Å²) in [6, 6.07) is 1.70. The van der Waals surface area contributed by atoms with Gasteiger partial charge in [-0.1, -0.05) is 13.8 Å². The molecule has 0 aliphatic heterocycles. The zero-order valence-corrected chi connectivity index (χ0v) is 11.8. The van der Waals surface area contributed by atoms with Crippen LogP contribution in [0.1, 0.15) is 24.2 Å². The van der Waals surface area contributed by atoms with Crippen LogP contribution in [0, 0.1) is 11.6 Å². The van der Waals surface area contributed by atoms with Crippen molar-refractivity contribution in [1.29, 1.82) is 0 Å². The van der Waals surface area contributed by atoms with E-state index < -0.39 is 17.6 Å². The predicted molar refractivity (Wildman–Crippen MR) is 71.8 cm³/mol. The van der Waals surface area contributed by atoms with Crippen molar-refractivity contribution in [3.63, 3.8) is 0 Å². The van der Waals surface area contributed by atoms with Crippen molar-refractivity contribution in [1.82, 2.24) is 4.90 Å². The summed E-state index contributed by atoms with van der Waals surface area (Å²) in [6.07, 6.45) is 0. The van der Waals surface area contributed by atoms with Gasteiger partial charge in [-0.25, -0.2) is 13.6 Å². The Morgan fingerprint density at radius 2 is 1.79 bits per heavy atom. The molecule has 3 nitrogen and oxygen atoms in total. The topological polar surface area (TPSA) is 40.5 Å². The summed E-state index contributed by atoms with van der Waals surface area (Å²) in [5, 5.41) is 8.69. The Hall–Kier alpha value is -1.14. The van der Waals surface area contributed by atoms with Crippen LogP contribution in [0.5, 0.6) is 0 Å². The first-order valence-corrected chi connectivity index (χ1v) is 7.05. The molecule has 0 bridgehead atoms. The third-order valence-corrected chi connectivity index (χ3v) is 3.86. The fourth-order valence-corrected chi connectivity index (χ4v) is 2.59. The summed E-state index contributed by atoms with van der Waals surface area (Å²) >= 11 is 1.07. The van der Waals surface area contributed by atoms with Gasteiger partial charge < -0.3 is 10.0 Å². The van der Waals surface area contributed by atoms with Gasteiger partial charge in [0.05, 0.1) is 10.5 Å². The van der Waals surface area contributed by atoms with Crippen molar-refractivity contribution in [2.45, 2.75) is 18.7 Å². The van der Waals surface area contributed by atoms with Gasteiger partial charge in [0, 0.05) is 12.3 Å². The average Bonchev–Trinajstić information content (AvgIpc) is 2.37. The highest BCUT2D eigenvalue weighted by Crippen LogP contribution is 2.26. The molecule has 0 atom stereocenters. The zero-order valence-electron chi connectivity index (χ0n) is 10.9. The van der Waals surface area contributed by atoms with E-state index in [0.29, 0.717) is 5.75 Å². The van der Waals surface area contributed by atoms with Crippen LogP contribution in [0.4, 0.5) is 8.78 Å². The van der Waals surface area contributed by atoms with Gasteiger partial charge in [0.25, 0.3) is 0 Å². The number of thioether (sulfide) groups is 1. The Kier molecular flexibility index (Phi) is 6.24. The maximum Gasteiger partial charge on any atom is 0.335 e. The van der Waals surface area contributed by atoms with Crippen molar-refractivity contribution >= 4 is 17.7 Å². The molecule has 1 aromatic rings. The smallest absolute Gasteiger partial charge is 0.335 e. The molecule has 1 rings (SSSR count). The Bertz CT molecular complexity index is 427. The predicted octanol–water partition coefficient (Wildman–Crippen LogP) is 3.10. The van der Waals surface area contributed by atoms with Gasteiger partial charge in [-0.3, -0.25) is 0 Å². The molecule has 0 heterocycles. The lowest BCUT2D eigenvalue weighted by Crippen LogP contribution is -2.25. The van der Waals surface area contributed by atoms with Gasteiger partial charge in [0.1, 0.15) is 11.6 Å². The number of carboxylic acid groups (broad SMARTS) is 1. The van der Waals surface area contributed by atoms with E-state index in [1.165, 1.54) is 0 Å². The number of aromatic carboxylic acids is 1. The molecule has 0 aliphatic rings. The van der Waals surface area contributed by atoms with Gasteiger partial charge in [0.2, 0.25) is 0 Å². The number of rotatable bonds is 7. The maximum atomic E-state index is 13.6. The van der Waals surface area contributed by atoms with E-state index >= 15 is 0 Å². The molecule has 0 saturated carbocycles. The van der Waals surface area contributed by atoms with Crippen molar-refractivity contribution in [2.24, 2.45) is 0 Å². The standard InChI is InChI=1S/C13H17F2NO2S/c1-3-16(4-2)5-6-19-12-10(14)7-9(13(17)18)8-11(12)15/h7-8H,3-6H2,1-2H3,(H,17,18). The zero-order chi connectivity index (χ0) is 14.4. The lowest BCUT2D eigenvalue weighted by Gasteiger charge is -2.17. The molecule has 0 aromatic heterocycles. The van der Waals surface area contributed by atoms with Crippen LogP contribution in [-0.4, -0.2) is 41.4 Å². The molecule has 0 radical (unpaired) electrons.